The monoisotopic (exact) mass is 397 g/mol. The summed E-state index contributed by atoms with van der Waals surface area (Å²) in [7, 11) is 0. The summed E-state index contributed by atoms with van der Waals surface area (Å²) in [4.78, 5) is 36.3. The van der Waals surface area contributed by atoms with Crippen LogP contribution < -0.4 is 10.6 Å². The van der Waals surface area contributed by atoms with E-state index in [1.54, 1.807) is 31.3 Å². The number of aromatic carboxylic acids is 1. The molecule has 0 aliphatic heterocycles. The minimum Gasteiger partial charge on any atom is -0.476 e. The fourth-order valence-electron chi connectivity index (χ4n) is 2.57. The van der Waals surface area contributed by atoms with Crippen molar-refractivity contribution in [3.63, 3.8) is 0 Å². The Hall–Kier alpha value is -3.33. The molecule has 144 valence electrons. The summed E-state index contributed by atoms with van der Waals surface area (Å²) in [6.07, 6.45) is 1.70. The average molecular weight is 397 g/mol. The van der Waals surface area contributed by atoms with Crippen molar-refractivity contribution in [3.05, 3.63) is 52.8 Å². The number of thiazole rings is 1. The van der Waals surface area contributed by atoms with Gasteiger partial charge in [0.05, 0.1) is 16.6 Å². The van der Waals surface area contributed by atoms with Gasteiger partial charge in [-0.05, 0) is 43.7 Å². The first kappa shape index (κ1) is 19.4. The Morgan fingerprint density at radius 1 is 1.18 bits per heavy atom. The quantitative estimate of drug-likeness (QED) is 0.582. The highest BCUT2D eigenvalue weighted by atomic mass is 32.1. The fraction of sp³-hybridized carbons (Fsp3) is 0.211. The second-order valence-electron chi connectivity index (χ2n) is 6.21. The molecule has 0 aliphatic carbocycles. The number of aryl methyl sites for hydroxylation is 1. The fourth-order valence-corrected chi connectivity index (χ4v) is 3.60. The number of carboxylic acid groups (broad SMARTS) is 1. The van der Waals surface area contributed by atoms with Crippen LogP contribution in [-0.4, -0.2) is 31.9 Å². The molecule has 3 heterocycles. The molecule has 3 aromatic rings. The van der Waals surface area contributed by atoms with E-state index in [4.69, 9.17) is 0 Å². The van der Waals surface area contributed by atoms with E-state index in [-0.39, 0.29) is 11.6 Å². The van der Waals surface area contributed by atoms with Gasteiger partial charge in [-0.25, -0.2) is 19.7 Å². The van der Waals surface area contributed by atoms with Crippen LogP contribution in [0.1, 0.15) is 40.9 Å². The molecule has 0 aliphatic rings. The first-order valence-corrected chi connectivity index (χ1v) is 9.33. The molecule has 0 spiro atoms. The molecule has 3 N–H and O–H groups in total. The zero-order valence-electron chi connectivity index (χ0n) is 15.6. The van der Waals surface area contributed by atoms with Gasteiger partial charge in [-0.3, -0.25) is 4.79 Å². The normalized spacial score (nSPS) is 11.7. The Morgan fingerprint density at radius 2 is 1.96 bits per heavy atom. The van der Waals surface area contributed by atoms with E-state index in [2.05, 4.69) is 25.6 Å². The van der Waals surface area contributed by atoms with Crippen LogP contribution in [0.4, 0.5) is 11.6 Å². The number of pyridine rings is 2. The number of carboxylic acids is 1. The SMILES string of the molecule is CC(=O)N[C@@H](C)c1nc(C(=O)O)c(-c2cccc(Nc3cc(C)ccn3)n2)s1. The molecule has 1 atom stereocenters. The second kappa shape index (κ2) is 8.13. The first-order chi connectivity index (χ1) is 13.3. The van der Waals surface area contributed by atoms with Gasteiger partial charge in [0, 0.05) is 13.1 Å². The third kappa shape index (κ3) is 4.49. The highest BCUT2D eigenvalue weighted by Crippen LogP contribution is 2.33. The van der Waals surface area contributed by atoms with Crippen LogP contribution in [-0.2, 0) is 4.79 Å². The number of nitrogens with zero attached hydrogens (tertiary/aromatic N) is 3. The first-order valence-electron chi connectivity index (χ1n) is 8.51. The van der Waals surface area contributed by atoms with Crippen molar-refractivity contribution in [3.8, 4) is 10.6 Å². The molecule has 0 radical (unpaired) electrons. The molecule has 3 aromatic heterocycles. The Kier molecular flexibility index (Phi) is 5.65. The van der Waals surface area contributed by atoms with Crippen LogP contribution >= 0.6 is 11.3 Å². The third-order valence-corrected chi connectivity index (χ3v) is 5.05. The third-order valence-electron chi connectivity index (χ3n) is 3.79. The van der Waals surface area contributed by atoms with Gasteiger partial charge in [-0.1, -0.05) is 6.07 Å². The van der Waals surface area contributed by atoms with Crippen LogP contribution in [0.15, 0.2) is 36.5 Å². The van der Waals surface area contributed by atoms with Gasteiger partial charge in [-0.15, -0.1) is 11.3 Å². The Bertz CT molecular complexity index is 1030. The number of anilines is 2. The van der Waals surface area contributed by atoms with Crippen molar-refractivity contribution in [1.82, 2.24) is 20.3 Å². The lowest BCUT2D eigenvalue weighted by Gasteiger charge is -2.08. The van der Waals surface area contributed by atoms with Crippen LogP contribution in [0, 0.1) is 6.92 Å². The zero-order valence-corrected chi connectivity index (χ0v) is 16.4. The summed E-state index contributed by atoms with van der Waals surface area (Å²) in [6, 6.07) is 8.66. The molecule has 3 rings (SSSR count). The molecule has 0 saturated heterocycles. The second-order valence-corrected chi connectivity index (χ2v) is 7.24. The molecule has 0 saturated carbocycles. The molecule has 28 heavy (non-hydrogen) atoms. The van der Waals surface area contributed by atoms with Crippen LogP contribution in [0.5, 0.6) is 0 Å². The number of rotatable bonds is 6. The number of carbonyl (C=O) groups excluding carboxylic acids is 1. The van der Waals surface area contributed by atoms with Gasteiger partial charge < -0.3 is 15.7 Å². The average Bonchev–Trinajstić information content (AvgIpc) is 3.07. The van der Waals surface area contributed by atoms with Crippen molar-refractivity contribution in [2.24, 2.45) is 0 Å². The summed E-state index contributed by atoms with van der Waals surface area (Å²) >= 11 is 1.20. The van der Waals surface area contributed by atoms with E-state index < -0.39 is 12.0 Å². The standard InChI is InChI=1S/C19H19N5O3S/c1-10-7-8-20-15(9-10)23-14-6-4-5-13(22-14)17-16(19(26)27)24-18(28-17)11(2)21-12(3)25/h4-9,11H,1-3H3,(H,21,25)(H,26,27)(H,20,22,23)/t11-/m0/s1. The molecular formula is C19H19N5O3S. The summed E-state index contributed by atoms with van der Waals surface area (Å²) in [5.41, 5.74) is 1.45. The summed E-state index contributed by atoms with van der Waals surface area (Å²) in [6.45, 7) is 5.12. The van der Waals surface area contributed by atoms with Gasteiger partial charge in [-0.2, -0.15) is 0 Å². The predicted octanol–water partition coefficient (Wildman–Crippen LogP) is 3.55. The van der Waals surface area contributed by atoms with E-state index in [1.165, 1.54) is 18.3 Å². The molecule has 0 aromatic carbocycles. The molecule has 1 amide bonds. The summed E-state index contributed by atoms with van der Waals surface area (Å²) in [5.74, 6) is -0.173. The molecule has 0 bridgehead atoms. The van der Waals surface area contributed by atoms with Crippen molar-refractivity contribution in [1.29, 1.82) is 0 Å². The number of hydrogen-bond donors (Lipinski definition) is 3. The molecule has 0 unspecified atom stereocenters. The highest BCUT2D eigenvalue weighted by molar-refractivity contribution is 7.15. The van der Waals surface area contributed by atoms with Crippen LogP contribution in [0.25, 0.3) is 10.6 Å². The van der Waals surface area contributed by atoms with Gasteiger partial charge in [0.15, 0.2) is 5.69 Å². The molecule has 8 nitrogen and oxygen atoms in total. The van der Waals surface area contributed by atoms with Gasteiger partial charge in [0.1, 0.15) is 16.6 Å². The number of amides is 1. The topological polar surface area (TPSA) is 117 Å². The van der Waals surface area contributed by atoms with Crippen molar-refractivity contribution in [2.45, 2.75) is 26.8 Å². The largest absolute Gasteiger partial charge is 0.476 e. The highest BCUT2D eigenvalue weighted by Gasteiger charge is 2.23. The van der Waals surface area contributed by atoms with E-state index in [1.807, 2.05) is 19.1 Å². The lowest BCUT2D eigenvalue weighted by Crippen LogP contribution is -2.23. The smallest absolute Gasteiger partial charge is 0.356 e. The number of nitrogens with one attached hydrogen (secondary N) is 2. The molecule has 9 heteroatoms. The van der Waals surface area contributed by atoms with Crippen LogP contribution in [0.2, 0.25) is 0 Å². The van der Waals surface area contributed by atoms with Crippen molar-refractivity contribution in [2.75, 3.05) is 5.32 Å². The molecular weight excluding hydrogens is 378 g/mol. The van der Waals surface area contributed by atoms with E-state index in [0.717, 1.165) is 5.56 Å². The Morgan fingerprint density at radius 3 is 2.64 bits per heavy atom. The van der Waals surface area contributed by atoms with E-state index >= 15 is 0 Å². The molecule has 0 fully saturated rings. The minimum absolute atomic E-state index is 0.0875. The maximum Gasteiger partial charge on any atom is 0.356 e. The van der Waals surface area contributed by atoms with Gasteiger partial charge >= 0.3 is 5.97 Å². The van der Waals surface area contributed by atoms with Crippen LogP contribution in [0.3, 0.4) is 0 Å². The zero-order chi connectivity index (χ0) is 20.3. The lowest BCUT2D eigenvalue weighted by atomic mass is 10.2. The Labute approximate surface area is 165 Å². The van der Waals surface area contributed by atoms with E-state index in [0.29, 0.717) is 27.2 Å². The van der Waals surface area contributed by atoms with Gasteiger partial charge in [0.2, 0.25) is 5.91 Å². The lowest BCUT2D eigenvalue weighted by molar-refractivity contribution is -0.119. The minimum atomic E-state index is -1.15. The summed E-state index contributed by atoms with van der Waals surface area (Å²) < 4.78 is 0. The number of aromatic nitrogens is 3. The maximum atomic E-state index is 11.7. The Balaban J connectivity index is 1.95. The van der Waals surface area contributed by atoms with Crippen molar-refractivity contribution >= 4 is 34.8 Å². The number of carbonyl (C=O) groups is 2. The predicted molar refractivity (Wildman–Crippen MR) is 107 cm³/mol. The number of hydrogen-bond acceptors (Lipinski definition) is 7. The van der Waals surface area contributed by atoms with Gasteiger partial charge in [0.25, 0.3) is 0 Å². The summed E-state index contributed by atoms with van der Waals surface area (Å²) in [5, 5.41) is 15.9. The van der Waals surface area contributed by atoms with Crippen molar-refractivity contribution < 1.29 is 14.7 Å². The van der Waals surface area contributed by atoms with E-state index in [9.17, 15) is 14.7 Å². The maximum absolute atomic E-state index is 11.7.